The van der Waals surface area contributed by atoms with Gasteiger partial charge in [0.1, 0.15) is 0 Å². The second-order valence-corrected chi connectivity index (χ2v) is 11.6. The summed E-state index contributed by atoms with van der Waals surface area (Å²) in [5, 5.41) is 4.39. The van der Waals surface area contributed by atoms with Crippen LogP contribution in [0.1, 0.15) is 0 Å². The number of rotatable bonds is 4. The Bertz CT molecular complexity index is 2570. The van der Waals surface area contributed by atoms with Gasteiger partial charge in [0.05, 0.1) is 33.5 Å². The van der Waals surface area contributed by atoms with Crippen LogP contribution < -0.4 is 0 Å². The predicted molar refractivity (Wildman–Crippen MR) is 189 cm³/mol. The van der Waals surface area contributed by atoms with Crippen molar-refractivity contribution >= 4 is 43.6 Å². The zero-order valence-electron chi connectivity index (χ0n) is 24.8. The van der Waals surface area contributed by atoms with E-state index in [1.165, 1.54) is 5.56 Å². The van der Waals surface area contributed by atoms with Gasteiger partial charge in [-0.1, -0.05) is 103 Å². The minimum atomic E-state index is 0.921. The molecule has 0 fully saturated rings. The van der Waals surface area contributed by atoms with Gasteiger partial charge in [0.25, 0.3) is 0 Å². The Kier molecular flexibility index (Phi) is 6.10. The third-order valence-corrected chi connectivity index (χ3v) is 8.74. The molecule has 214 valence electrons. The predicted octanol–water partition coefficient (Wildman–Crippen LogP) is 10.5. The summed E-state index contributed by atoms with van der Waals surface area (Å²) in [4.78, 5) is 19.4. The molecular weight excluding hydrogens is 560 g/mol. The maximum Gasteiger partial charge on any atom is 0.0970 e. The number of hydrogen-bond donors (Lipinski definition) is 0. The molecule has 9 aromatic rings. The molecule has 4 aromatic heterocycles. The number of aromatic nitrogens is 4. The van der Waals surface area contributed by atoms with Crippen LogP contribution in [0.2, 0.25) is 0 Å². The molecular formula is C42H26N4. The lowest BCUT2D eigenvalue weighted by atomic mass is 9.96. The molecule has 0 N–H and O–H groups in total. The molecule has 5 aromatic carbocycles. The molecule has 0 bridgehead atoms. The van der Waals surface area contributed by atoms with Gasteiger partial charge in [0, 0.05) is 45.1 Å². The van der Waals surface area contributed by atoms with Crippen LogP contribution in [0, 0.1) is 0 Å². The zero-order valence-corrected chi connectivity index (χ0v) is 24.8. The fourth-order valence-electron chi connectivity index (χ4n) is 6.36. The topological polar surface area (TPSA) is 51.6 Å². The van der Waals surface area contributed by atoms with E-state index in [0.717, 1.165) is 82.8 Å². The number of hydrogen-bond acceptors (Lipinski definition) is 4. The van der Waals surface area contributed by atoms with E-state index in [1.54, 1.807) is 0 Å². The van der Waals surface area contributed by atoms with Gasteiger partial charge >= 0.3 is 0 Å². The fourth-order valence-corrected chi connectivity index (χ4v) is 6.36. The first-order chi connectivity index (χ1) is 22.8. The smallest absolute Gasteiger partial charge is 0.0970 e. The maximum absolute atomic E-state index is 5.09. The summed E-state index contributed by atoms with van der Waals surface area (Å²) in [7, 11) is 0. The summed E-state index contributed by atoms with van der Waals surface area (Å²) < 4.78 is 0. The van der Waals surface area contributed by atoms with E-state index in [4.69, 9.17) is 9.97 Å². The van der Waals surface area contributed by atoms with E-state index in [1.807, 2.05) is 30.6 Å². The number of nitrogens with zero attached hydrogens (tertiary/aromatic N) is 4. The van der Waals surface area contributed by atoms with E-state index < -0.39 is 0 Å². The van der Waals surface area contributed by atoms with E-state index >= 15 is 0 Å². The molecule has 0 amide bonds. The Balaban J connectivity index is 1.07. The molecule has 46 heavy (non-hydrogen) atoms. The molecule has 9 rings (SSSR count). The monoisotopic (exact) mass is 586 g/mol. The lowest BCUT2D eigenvalue weighted by Gasteiger charge is -2.11. The maximum atomic E-state index is 5.09. The standard InChI is InChI=1S/C42H26N4/c1-2-6-27(7-3-1)32-16-14-30-19-21-38(46-39(30)25-32)33-17-15-31-18-20-37(45-40(31)26-33)29-12-10-28(11-13-29)36-24-34-8-4-22-43-41(34)42-35(36)9-5-23-44-42/h1-26H. The summed E-state index contributed by atoms with van der Waals surface area (Å²) in [5.74, 6) is 0. The molecule has 0 radical (unpaired) electrons. The first-order valence-electron chi connectivity index (χ1n) is 15.4. The second-order valence-electron chi connectivity index (χ2n) is 11.6. The SMILES string of the molecule is c1ccc(-c2ccc3ccc(-c4ccc5ccc(-c6ccc(-c7cc8cccnc8c8ncccc78)cc6)nc5c4)nc3c2)cc1. The molecule has 0 saturated heterocycles. The highest BCUT2D eigenvalue weighted by Crippen LogP contribution is 2.34. The number of pyridine rings is 4. The molecule has 0 atom stereocenters. The Morgan fingerprint density at radius 2 is 0.935 bits per heavy atom. The van der Waals surface area contributed by atoms with Gasteiger partial charge in [-0.3, -0.25) is 9.97 Å². The highest BCUT2D eigenvalue weighted by atomic mass is 14.7. The fraction of sp³-hybridized carbons (Fsp3) is 0. The lowest BCUT2D eigenvalue weighted by molar-refractivity contribution is 1.37. The molecule has 0 aliphatic heterocycles. The van der Waals surface area contributed by atoms with Crippen LogP contribution in [0.15, 0.2) is 158 Å². The Labute approximate surface area is 265 Å². The molecule has 4 heteroatoms. The van der Waals surface area contributed by atoms with Gasteiger partial charge in [-0.2, -0.15) is 0 Å². The molecule has 0 saturated carbocycles. The van der Waals surface area contributed by atoms with Crippen molar-refractivity contribution < 1.29 is 0 Å². The van der Waals surface area contributed by atoms with E-state index in [2.05, 4.69) is 137 Å². The highest BCUT2D eigenvalue weighted by molar-refractivity contribution is 6.10. The quantitative estimate of drug-likeness (QED) is 0.193. The van der Waals surface area contributed by atoms with Crippen molar-refractivity contribution in [1.29, 1.82) is 0 Å². The van der Waals surface area contributed by atoms with Crippen molar-refractivity contribution in [1.82, 2.24) is 19.9 Å². The molecule has 0 unspecified atom stereocenters. The van der Waals surface area contributed by atoms with Gasteiger partial charge in [-0.05, 0) is 64.7 Å². The number of benzene rings is 5. The van der Waals surface area contributed by atoms with Crippen LogP contribution in [0.5, 0.6) is 0 Å². The van der Waals surface area contributed by atoms with Gasteiger partial charge < -0.3 is 0 Å². The molecule has 0 spiro atoms. The minimum Gasteiger partial charge on any atom is -0.254 e. The summed E-state index contributed by atoms with van der Waals surface area (Å²) >= 11 is 0. The first kappa shape index (κ1) is 26.2. The average Bonchev–Trinajstić information content (AvgIpc) is 3.14. The molecule has 4 heterocycles. The highest BCUT2D eigenvalue weighted by Gasteiger charge is 2.12. The summed E-state index contributed by atoms with van der Waals surface area (Å²) in [6.07, 6.45) is 3.66. The third-order valence-electron chi connectivity index (χ3n) is 8.74. The van der Waals surface area contributed by atoms with Crippen molar-refractivity contribution in [3.8, 4) is 44.8 Å². The van der Waals surface area contributed by atoms with Crippen molar-refractivity contribution in [2.75, 3.05) is 0 Å². The van der Waals surface area contributed by atoms with Gasteiger partial charge in [-0.15, -0.1) is 0 Å². The molecule has 0 aliphatic rings. The average molecular weight is 587 g/mol. The normalized spacial score (nSPS) is 11.5. The first-order valence-corrected chi connectivity index (χ1v) is 15.4. The van der Waals surface area contributed by atoms with E-state index in [-0.39, 0.29) is 0 Å². The molecule has 0 aliphatic carbocycles. The minimum absolute atomic E-state index is 0.921. The second kappa shape index (κ2) is 10.7. The molecule has 4 nitrogen and oxygen atoms in total. The number of fused-ring (bicyclic) bond motifs is 5. The van der Waals surface area contributed by atoms with E-state index in [0.29, 0.717) is 0 Å². The van der Waals surface area contributed by atoms with Crippen LogP contribution in [-0.4, -0.2) is 19.9 Å². The Morgan fingerprint density at radius 1 is 0.348 bits per heavy atom. The van der Waals surface area contributed by atoms with Crippen molar-refractivity contribution in [3.05, 3.63) is 158 Å². The lowest BCUT2D eigenvalue weighted by Crippen LogP contribution is -1.90. The Hall–Kier alpha value is -6.26. The third kappa shape index (κ3) is 4.56. The Morgan fingerprint density at radius 3 is 1.70 bits per heavy atom. The van der Waals surface area contributed by atoms with Crippen molar-refractivity contribution in [3.63, 3.8) is 0 Å². The van der Waals surface area contributed by atoms with Gasteiger partial charge in [-0.25, -0.2) is 9.97 Å². The van der Waals surface area contributed by atoms with Crippen LogP contribution in [0.3, 0.4) is 0 Å². The summed E-state index contributed by atoms with van der Waals surface area (Å²) in [6.45, 7) is 0. The van der Waals surface area contributed by atoms with Crippen LogP contribution in [-0.2, 0) is 0 Å². The van der Waals surface area contributed by atoms with Gasteiger partial charge in [0.15, 0.2) is 0 Å². The van der Waals surface area contributed by atoms with Crippen LogP contribution in [0.4, 0.5) is 0 Å². The zero-order chi connectivity index (χ0) is 30.5. The van der Waals surface area contributed by atoms with Crippen LogP contribution >= 0.6 is 0 Å². The van der Waals surface area contributed by atoms with Gasteiger partial charge in [0.2, 0.25) is 0 Å². The van der Waals surface area contributed by atoms with Crippen LogP contribution in [0.25, 0.3) is 88.4 Å². The largest absolute Gasteiger partial charge is 0.254 e. The summed E-state index contributed by atoms with van der Waals surface area (Å²) in [6, 6.07) is 50.8. The summed E-state index contributed by atoms with van der Waals surface area (Å²) in [5.41, 5.74) is 12.4. The van der Waals surface area contributed by atoms with Crippen molar-refractivity contribution in [2.45, 2.75) is 0 Å². The van der Waals surface area contributed by atoms with Crippen molar-refractivity contribution in [2.24, 2.45) is 0 Å². The van der Waals surface area contributed by atoms with E-state index in [9.17, 15) is 0 Å².